The van der Waals surface area contributed by atoms with Gasteiger partial charge in [-0.15, -0.1) is 0 Å². The number of sulfonamides is 1. The van der Waals surface area contributed by atoms with Crippen molar-refractivity contribution >= 4 is 33.4 Å². The zero-order chi connectivity index (χ0) is 19.9. The van der Waals surface area contributed by atoms with Crippen LogP contribution in [-0.2, 0) is 10.0 Å². The van der Waals surface area contributed by atoms with Crippen LogP contribution in [-0.4, -0.2) is 36.1 Å². The van der Waals surface area contributed by atoms with Crippen LogP contribution in [0.15, 0.2) is 47.4 Å². The second-order valence-corrected chi connectivity index (χ2v) is 6.97. The van der Waals surface area contributed by atoms with Gasteiger partial charge in [-0.2, -0.15) is 5.01 Å². The molecule has 3 rings (SSSR count). The van der Waals surface area contributed by atoms with Crippen molar-refractivity contribution in [2.45, 2.75) is 4.90 Å². The van der Waals surface area contributed by atoms with Crippen molar-refractivity contribution in [2.24, 2.45) is 5.14 Å². The lowest BCUT2D eigenvalue weighted by molar-refractivity contribution is -0.385. The third-order valence-electron chi connectivity index (χ3n) is 3.75. The number of imide groups is 1. The van der Waals surface area contributed by atoms with Gasteiger partial charge in [0.15, 0.2) is 0 Å². The first-order chi connectivity index (χ1) is 12.6. The molecule has 0 fully saturated rings. The van der Waals surface area contributed by atoms with Gasteiger partial charge in [0.25, 0.3) is 23.4 Å². The summed E-state index contributed by atoms with van der Waals surface area (Å²) in [6, 6.07) is 7.98. The lowest BCUT2D eigenvalue weighted by Crippen LogP contribution is -2.45. The van der Waals surface area contributed by atoms with Gasteiger partial charge in [-0.3, -0.25) is 29.9 Å². The normalized spacial score (nSPS) is 13.4. The SMILES string of the molecule is NS(=O)(=O)c1ccc(C(=O)NN2C(=O)c3cccc([N+](=O)[O-])c3C2=O)cc1. The van der Waals surface area contributed by atoms with Crippen molar-refractivity contribution in [1.82, 2.24) is 10.4 Å². The number of nitrogens with one attached hydrogen (secondary N) is 1. The number of hydrazine groups is 1. The number of nitro benzene ring substituents is 1. The number of rotatable bonds is 4. The Morgan fingerprint density at radius 3 is 2.26 bits per heavy atom. The second-order valence-electron chi connectivity index (χ2n) is 5.41. The van der Waals surface area contributed by atoms with Crippen LogP contribution >= 0.6 is 0 Å². The van der Waals surface area contributed by atoms with Crippen molar-refractivity contribution in [3.05, 3.63) is 69.3 Å². The number of fused-ring (bicyclic) bond motifs is 1. The van der Waals surface area contributed by atoms with E-state index in [9.17, 15) is 32.9 Å². The van der Waals surface area contributed by atoms with Crippen LogP contribution in [0, 0.1) is 10.1 Å². The third kappa shape index (κ3) is 3.14. The predicted molar refractivity (Wildman–Crippen MR) is 88.9 cm³/mol. The summed E-state index contributed by atoms with van der Waals surface area (Å²) < 4.78 is 22.4. The standard InChI is InChI=1S/C15H10N4O7S/c16-27(25,26)9-6-4-8(5-7-9)13(20)17-18-14(21)10-2-1-3-11(19(23)24)12(10)15(18)22/h1-7H,(H,17,20)(H2,16,25,26). The molecule has 1 heterocycles. The van der Waals surface area contributed by atoms with Gasteiger partial charge in [-0.25, -0.2) is 13.6 Å². The Kier molecular flexibility index (Phi) is 4.21. The highest BCUT2D eigenvalue weighted by Gasteiger charge is 2.42. The van der Waals surface area contributed by atoms with Gasteiger partial charge in [-0.05, 0) is 30.3 Å². The number of hydrogen-bond donors (Lipinski definition) is 2. The topological polar surface area (TPSA) is 170 Å². The number of amides is 3. The molecule has 11 nitrogen and oxygen atoms in total. The third-order valence-corrected chi connectivity index (χ3v) is 4.68. The van der Waals surface area contributed by atoms with Crippen LogP contribution in [0.25, 0.3) is 0 Å². The van der Waals surface area contributed by atoms with Crippen molar-refractivity contribution in [2.75, 3.05) is 0 Å². The van der Waals surface area contributed by atoms with Crippen LogP contribution in [0.3, 0.4) is 0 Å². The number of carbonyl (C=O) groups is 3. The lowest BCUT2D eigenvalue weighted by Gasteiger charge is -2.15. The molecular formula is C15H10N4O7S. The van der Waals surface area contributed by atoms with Crippen LogP contribution < -0.4 is 10.6 Å². The molecular weight excluding hydrogens is 380 g/mol. The van der Waals surface area contributed by atoms with Gasteiger partial charge < -0.3 is 0 Å². The highest BCUT2D eigenvalue weighted by molar-refractivity contribution is 7.89. The van der Waals surface area contributed by atoms with Crippen molar-refractivity contribution in [3.8, 4) is 0 Å². The first kappa shape index (κ1) is 18.2. The monoisotopic (exact) mass is 390 g/mol. The maximum atomic E-state index is 12.4. The molecule has 2 aromatic rings. The zero-order valence-electron chi connectivity index (χ0n) is 13.3. The molecule has 0 saturated heterocycles. The Labute approximate surface area is 151 Å². The number of primary sulfonamides is 1. The highest BCUT2D eigenvalue weighted by atomic mass is 32.2. The van der Waals surface area contributed by atoms with E-state index in [0.29, 0.717) is 5.01 Å². The Bertz CT molecular complexity index is 1110. The summed E-state index contributed by atoms with van der Waals surface area (Å²) in [6.45, 7) is 0. The fourth-order valence-corrected chi connectivity index (χ4v) is 3.00. The molecule has 138 valence electrons. The van der Waals surface area contributed by atoms with E-state index < -0.39 is 43.9 Å². The fraction of sp³-hybridized carbons (Fsp3) is 0. The molecule has 1 aliphatic heterocycles. The Morgan fingerprint density at radius 2 is 1.70 bits per heavy atom. The van der Waals surface area contributed by atoms with Gasteiger partial charge in [-0.1, -0.05) is 6.07 Å². The summed E-state index contributed by atoms with van der Waals surface area (Å²) in [4.78, 5) is 47.0. The summed E-state index contributed by atoms with van der Waals surface area (Å²) in [6.07, 6.45) is 0. The molecule has 0 spiro atoms. The number of benzene rings is 2. The molecule has 0 aliphatic carbocycles. The van der Waals surface area contributed by atoms with E-state index in [-0.39, 0.29) is 16.0 Å². The average Bonchev–Trinajstić information content (AvgIpc) is 2.86. The first-order valence-corrected chi connectivity index (χ1v) is 8.76. The minimum Gasteiger partial charge on any atom is -0.267 e. The summed E-state index contributed by atoms with van der Waals surface area (Å²) in [7, 11) is -3.95. The molecule has 12 heteroatoms. The summed E-state index contributed by atoms with van der Waals surface area (Å²) in [5.74, 6) is -2.86. The van der Waals surface area contributed by atoms with E-state index in [1.165, 1.54) is 12.1 Å². The Balaban J connectivity index is 1.87. The Hall–Kier alpha value is -3.64. The summed E-state index contributed by atoms with van der Waals surface area (Å²) >= 11 is 0. The highest BCUT2D eigenvalue weighted by Crippen LogP contribution is 2.29. The molecule has 1 aliphatic rings. The van der Waals surface area contributed by atoms with E-state index in [1.54, 1.807) is 0 Å². The van der Waals surface area contributed by atoms with E-state index in [2.05, 4.69) is 5.43 Å². The quantitative estimate of drug-likeness (QED) is 0.426. The van der Waals surface area contributed by atoms with Crippen LogP contribution in [0.2, 0.25) is 0 Å². The zero-order valence-corrected chi connectivity index (χ0v) is 14.1. The number of nitro groups is 1. The van der Waals surface area contributed by atoms with E-state index in [1.807, 2.05) is 0 Å². The largest absolute Gasteiger partial charge is 0.287 e. The predicted octanol–water partition coefficient (Wildman–Crippen LogP) is 0.183. The van der Waals surface area contributed by atoms with E-state index in [4.69, 9.17) is 5.14 Å². The maximum absolute atomic E-state index is 12.4. The van der Waals surface area contributed by atoms with Gasteiger partial charge in [0.2, 0.25) is 10.0 Å². The molecule has 3 amide bonds. The lowest BCUT2D eigenvalue weighted by atomic mass is 10.1. The van der Waals surface area contributed by atoms with Crippen molar-refractivity contribution in [3.63, 3.8) is 0 Å². The molecule has 0 saturated carbocycles. The molecule has 3 N–H and O–H groups in total. The van der Waals surface area contributed by atoms with Gasteiger partial charge in [0, 0.05) is 11.6 Å². The van der Waals surface area contributed by atoms with Crippen LogP contribution in [0.1, 0.15) is 31.1 Å². The molecule has 2 aromatic carbocycles. The van der Waals surface area contributed by atoms with Gasteiger partial charge in [0.05, 0.1) is 15.4 Å². The molecule has 0 unspecified atom stereocenters. The number of nitrogens with two attached hydrogens (primary N) is 1. The minimum atomic E-state index is -3.95. The van der Waals surface area contributed by atoms with Gasteiger partial charge >= 0.3 is 0 Å². The molecule has 0 radical (unpaired) electrons. The maximum Gasteiger partial charge on any atom is 0.287 e. The number of carbonyl (C=O) groups excluding carboxylic acids is 3. The summed E-state index contributed by atoms with van der Waals surface area (Å²) in [5.41, 5.74) is 0.813. The van der Waals surface area contributed by atoms with E-state index >= 15 is 0 Å². The fourth-order valence-electron chi connectivity index (χ4n) is 2.48. The van der Waals surface area contributed by atoms with Crippen molar-refractivity contribution < 1.29 is 27.7 Å². The smallest absolute Gasteiger partial charge is 0.267 e. The molecule has 0 aromatic heterocycles. The first-order valence-electron chi connectivity index (χ1n) is 7.21. The number of hydrogen-bond acceptors (Lipinski definition) is 7. The van der Waals surface area contributed by atoms with Crippen LogP contribution in [0.5, 0.6) is 0 Å². The van der Waals surface area contributed by atoms with E-state index in [0.717, 1.165) is 30.3 Å². The Morgan fingerprint density at radius 1 is 1.07 bits per heavy atom. The molecule has 0 atom stereocenters. The average molecular weight is 390 g/mol. The van der Waals surface area contributed by atoms with Gasteiger partial charge in [0.1, 0.15) is 5.56 Å². The minimum absolute atomic E-state index is 0.0616. The molecule has 27 heavy (non-hydrogen) atoms. The number of nitrogens with zero attached hydrogens (tertiary/aromatic N) is 2. The summed E-state index contributed by atoms with van der Waals surface area (Å²) in [5, 5.41) is 16.4. The van der Waals surface area contributed by atoms with Crippen LogP contribution in [0.4, 0.5) is 5.69 Å². The molecule has 0 bridgehead atoms. The van der Waals surface area contributed by atoms with Crippen molar-refractivity contribution in [1.29, 1.82) is 0 Å². The second kappa shape index (κ2) is 6.26.